The van der Waals surface area contributed by atoms with Gasteiger partial charge in [0.1, 0.15) is 6.04 Å². The molecule has 0 aliphatic carbocycles. The molecule has 1 aliphatic heterocycles. The van der Waals surface area contributed by atoms with Crippen molar-refractivity contribution in [2.75, 3.05) is 0 Å². The highest BCUT2D eigenvalue weighted by Crippen LogP contribution is 2.36. The second kappa shape index (κ2) is 6.08. The number of cyclic esters (lactones) is 1. The minimum absolute atomic E-state index is 0.321. The highest BCUT2D eigenvalue weighted by atomic mass is 16.6. The van der Waals surface area contributed by atoms with Crippen molar-refractivity contribution in [3.8, 4) is 11.1 Å². The summed E-state index contributed by atoms with van der Waals surface area (Å²) in [7, 11) is 0. The number of carbonyl (C=O) groups excluding carboxylic acids is 1. The second-order valence-electron chi connectivity index (χ2n) is 5.50. The number of aromatic nitrogens is 3. The molecule has 3 heterocycles. The minimum Gasteiger partial charge on any atom is -0.439 e. The van der Waals surface area contributed by atoms with Crippen molar-refractivity contribution < 1.29 is 9.53 Å². The first-order chi connectivity index (χ1) is 11.8. The third kappa shape index (κ3) is 2.69. The molecule has 1 amide bonds. The van der Waals surface area contributed by atoms with Gasteiger partial charge in [0, 0.05) is 29.7 Å². The number of rotatable bonds is 3. The molecule has 2 atom stereocenters. The second-order valence-corrected chi connectivity index (χ2v) is 5.50. The summed E-state index contributed by atoms with van der Waals surface area (Å²) in [6.07, 6.45) is 5.82. The van der Waals surface area contributed by atoms with Crippen LogP contribution in [0.2, 0.25) is 0 Å². The van der Waals surface area contributed by atoms with Gasteiger partial charge >= 0.3 is 6.09 Å². The van der Waals surface area contributed by atoms with Crippen LogP contribution in [0.5, 0.6) is 0 Å². The molecule has 1 aromatic carbocycles. The Morgan fingerprint density at radius 2 is 1.79 bits per heavy atom. The van der Waals surface area contributed by atoms with Gasteiger partial charge in [0.15, 0.2) is 6.10 Å². The van der Waals surface area contributed by atoms with Crippen molar-refractivity contribution in [3.63, 3.8) is 0 Å². The van der Waals surface area contributed by atoms with E-state index in [4.69, 9.17) is 4.74 Å². The quantitative estimate of drug-likeness (QED) is 0.803. The van der Waals surface area contributed by atoms with Gasteiger partial charge in [-0.15, -0.1) is 0 Å². The smallest absolute Gasteiger partial charge is 0.408 e. The molecule has 0 radical (unpaired) electrons. The summed E-state index contributed by atoms with van der Waals surface area (Å²) >= 11 is 0. The molecule has 6 heteroatoms. The third-order valence-electron chi connectivity index (χ3n) is 3.97. The maximum atomic E-state index is 11.8. The fraction of sp³-hybridized carbons (Fsp3) is 0.111. The summed E-state index contributed by atoms with van der Waals surface area (Å²) in [6, 6.07) is 13.5. The Balaban J connectivity index is 1.71. The van der Waals surface area contributed by atoms with Crippen molar-refractivity contribution in [1.29, 1.82) is 0 Å². The first-order valence-electron chi connectivity index (χ1n) is 7.55. The van der Waals surface area contributed by atoms with Crippen molar-refractivity contribution in [1.82, 2.24) is 20.5 Å². The molecule has 0 saturated carbocycles. The normalized spacial score (nSPS) is 19.6. The molecule has 0 spiro atoms. The van der Waals surface area contributed by atoms with Crippen molar-refractivity contribution in [3.05, 3.63) is 78.4 Å². The molecule has 24 heavy (non-hydrogen) atoms. The molecule has 1 saturated heterocycles. The first-order valence-corrected chi connectivity index (χ1v) is 7.55. The zero-order valence-electron chi connectivity index (χ0n) is 12.7. The number of alkyl carbamates (subject to hydrolysis) is 1. The summed E-state index contributed by atoms with van der Waals surface area (Å²) in [5.74, 6) is 0. The zero-order valence-corrected chi connectivity index (χ0v) is 12.7. The van der Waals surface area contributed by atoms with Gasteiger partial charge in [0.2, 0.25) is 0 Å². The number of hydrogen-bond donors (Lipinski definition) is 1. The van der Waals surface area contributed by atoms with Crippen LogP contribution < -0.4 is 5.32 Å². The number of nitrogens with zero attached hydrogens (tertiary/aromatic N) is 3. The Labute approximate surface area is 138 Å². The molecule has 1 fully saturated rings. The standard InChI is InChI=1S/C18H14N4O2/c23-18-22-16(17(24-18)13-6-7-20-21-11-13)15-8-14(9-19-10-15)12-4-2-1-3-5-12/h1-11,16-17H,(H,22,23)/t16-,17-/m0/s1. The van der Waals surface area contributed by atoms with E-state index >= 15 is 0 Å². The molecule has 0 bridgehead atoms. The predicted molar refractivity (Wildman–Crippen MR) is 86.8 cm³/mol. The highest BCUT2D eigenvalue weighted by molar-refractivity contribution is 5.71. The fourth-order valence-corrected chi connectivity index (χ4v) is 2.82. The first kappa shape index (κ1) is 14.3. The van der Waals surface area contributed by atoms with E-state index in [9.17, 15) is 4.79 Å². The molecule has 118 valence electrons. The number of amides is 1. The summed E-state index contributed by atoms with van der Waals surface area (Å²) in [5.41, 5.74) is 3.72. The van der Waals surface area contributed by atoms with Crippen molar-refractivity contribution in [2.45, 2.75) is 12.1 Å². The summed E-state index contributed by atoms with van der Waals surface area (Å²) in [6.45, 7) is 0. The molecule has 0 unspecified atom stereocenters. The molecular weight excluding hydrogens is 304 g/mol. The Morgan fingerprint density at radius 3 is 2.58 bits per heavy atom. The molecular formula is C18H14N4O2. The Hall–Kier alpha value is -3.28. The topological polar surface area (TPSA) is 77.0 Å². The third-order valence-corrected chi connectivity index (χ3v) is 3.97. The molecule has 3 aromatic rings. The predicted octanol–water partition coefficient (Wildman–Crippen LogP) is 3.06. The Kier molecular flexibility index (Phi) is 3.63. The van der Waals surface area contributed by atoms with Crippen LogP contribution in [0.25, 0.3) is 11.1 Å². The monoisotopic (exact) mass is 318 g/mol. The SMILES string of the molecule is O=C1N[C@@H](c2cncc(-c3ccccc3)c2)[C@H](c2ccnnc2)O1. The average Bonchev–Trinajstić information content (AvgIpc) is 3.05. The lowest BCUT2D eigenvalue weighted by Gasteiger charge is -2.17. The Morgan fingerprint density at radius 1 is 0.917 bits per heavy atom. The molecule has 2 aromatic heterocycles. The molecule has 1 N–H and O–H groups in total. The van der Waals surface area contributed by atoms with Crippen LogP contribution in [0.4, 0.5) is 4.79 Å². The van der Waals surface area contributed by atoms with E-state index in [-0.39, 0.29) is 6.04 Å². The zero-order chi connectivity index (χ0) is 16.4. The van der Waals surface area contributed by atoms with Crippen LogP contribution in [0, 0.1) is 0 Å². The van der Waals surface area contributed by atoms with E-state index in [2.05, 4.69) is 20.5 Å². The largest absolute Gasteiger partial charge is 0.439 e. The fourth-order valence-electron chi connectivity index (χ4n) is 2.82. The molecule has 4 rings (SSSR count). The maximum absolute atomic E-state index is 11.8. The van der Waals surface area contributed by atoms with Crippen molar-refractivity contribution >= 4 is 6.09 Å². The van der Waals surface area contributed by atoms with Gasteiger partial charge in [0.05, 0.1) is 6.20 Å². The van der Waals surface area contributed by atoms with Crippen LogP contribution >= 0.6 is 0 Å². The van der Waals surface area contributed by atoms with E-state index in [1.54, 1.807) is 30.9 Å². The van der Waals surface area contributed by atoms with E-state index < -0.39 is 12.2 Å². The summed E-state index contributed by atoms with van der Waals surface area (Å²) in [4.78, 5) is 16.1. The van der Waals surface area contributed by atoms with Gasteiger partial charge in [-0.3, -0.25) is 4.98 Å². The Bertz CT molecular complexity index is 855. The van der Waals surface area contributed by atoms with Crippen LogP contribution in [0.3, 0.4) is 0 Å². The number of pyridine rings is 1. The molecule has 6 nitrogen and oxygen atoms in total. The summed E-state index contributed by atoms with van der Waals surface area (Å²) in [5, 5.41) is 10.5. The van der Waals surface area contributed by atoms with E-state index in [0.717, 1.165) is 22.3 Å². The van der Waals surface area contributed by atoms with Gasteiger partial charge in [-0.25, -0.2) is 4.79 Å². The van der Waals surface area contributed by atoms with Gasteiger partial charge in [0.25, 0.3) is 0 Å². The minimum atomic E-state index is -0.458. The van der Waals surface area contributed by atoms with Crippen molar-refractivity contribution in [2.24, 2.45) is 0 Å². The number of carbonyl (C=O) groups is 1. The number of hydrogen-bond acceptors (Lipinski definition) is 5. The summed E-state index contributed by atoms with van der Waals surface area (Å²) < 4.78 is 5.41. The average molecular weight is 318 g/mol. The van der Waals surface area contributed by atoms with Crippen LogP contribution in [-0.2, 0) is 4.74 Å². The van der Waals surface area contributed by atoms with Crippen LogP contribution in [0.1, 0.15) is 23.3 Å². The lowest BCUT2D eigenvalue weighted by molar-refractivity contribution is 0.132. The van der Waals surface area contributed by atoms with Crippen LogP contribution in [0.15, 0.2) is 67.3 Å². The number of ether oxygens (including phenoxy) is 1. The number of nitrogens with one attached hydrogen (secondary N) is 1. The van der Waals surface area contributed by atoms with Crippen LogP contribution in [-0.4, -0.2) is 21.3 Å². The molecule has 1 aliphatic rings. The van der Waals surface area contributed by atoms with E-state index in [1.165, 1.54) is 0 Å². The lowest BCUT2D eigenvalue weighted by atomic mass is 9.97. The van der Waals surface area contributed by atoms with Gasteiger partial charge < -0.3 is 10.1 Å². The lowest BCUT2D eigenvalue weighted by Crippen LogP contribution is -2.19. The van der Waals surface area contributed by atoms with Gasteiger partial charge in [-0.2, -0.15) is 10.2 Å². The van der Waals surface area contributed by atoms with Gasteiger partial charge in [-0.1, -0.05) is 30.3 Å². The highest BCUT2D eigenvalue weighted by Gasteiger charge is 2.36. The van der Waals surface area contributed by atoms with E-state index in [1.807, 2.05) is 36.4 Å². The number of benzene rings is 1. The maximum Gasteiger partial charge on any atom is 0.408 e. The van der Waals surface area contributed by atoms with E-state index in [0.29, 0.717) is 0 Å². The van der Waals surface area contributed by atoms with Gasteiger partial charge in [-0.05, 0) is 23.3 Å².